The molecule has 0 spiro atoms. The molecule has 164 valence electrons. The van der Waals surface area contributed by atoms with Gasteiger partial charge in [-0.05, 0) is 42.2 Å². The summed E-state index contributed by atoms with van der Waals surface area (Å²) in [4.78, 5) is 15.7. The summed E-state index contributed by atoms with van der Waals surface area (Å²) in [6, 6.07) is 24.6. The highest BCUT2D eigenvalue weighted by atomic mass is 16.3. The molecule has 0 saturated carbocycles. The molecular formula is C27H29N3O2. The summed E-state index contributed by atoms with van der Waals surface area (Å²) in [7, 11) is 0. The van der Waals surface area contributed by atoms with Gasteiger partial charge in [0.05, 0.1) is 30.2 Å². The van der Waals surface area contributed by atoms with Gasteiger partial charge in [-0.2, -0.15) is 0 Å². The van der Waals surface area contributed by atoms with Crippen molar-refractivity contribution in [1.82, 2.24) is 14.0 Å². The summed E-state index contributed by atoms with van der Waals surface area (Å²) in [5, 5.41) is 10.9. The molecule has 1 atom stereocenters. The van der Waals surface area contributed by atoms with Gasteiger partial charge in [0.15, 0.2) is 0 Å². The Morgan fingerprint density at radius 2 is 1.59 bits per heavy atom. The molecule has 0 radical (unpaired) electrons. The van der Waals surface area contributed by atoms with Crippen molar-refractivity contribution in [1.29, 1.82) is 0 Å². The van der Waals surface area contributed by atoms with Crippen molar-refractivity contribution < 1.29 is 5.11 Å². The molecule has 2 heterocycles. The van der Waals surface area contributed by atoms with E-state index in [4.69, 9.17) is 0 Å². The zero-order chi connectivity index (χ0) is 22.1. The van der Waals surface area contributed by atoms with Crippen LogP contribution < -0.4 is 5.69 Å². The summed E-state index contributed by atoms with van der Waals surface area (Å²) in [6.45, 7) is 5.20. The molecule has 1 unspecified atom stereocenters. The Morgan fingerprint density at radius 1 is 0.875 bits per heavy atom. The van der Waals surface area contributed by atoms with Crippen LogP contribution in [0.25, 0.3) is 11.0 Å². The number of benzene rings is 3. The molecule has 1 N–H and O–H groups in total. The van der Waals surface area contributed by atoms with Crippen molar-refractivity contribution in [2.24, 2.45) is 0 Å². The Morgan fingerprint density at radius 3 is 2.38 bits per heavy atom. The molecule has 32 heavy (non-hydrogen) atoms. The van der Waals surface area contributed by atoms with Gasteiger partial charge in [0.1, 0.15) is 0 Å². The van der Waals surface area contributed by atoms with Gasteiger partial charge in [-0.3, -0.25) is 14.0 Å². The maximum atomic E-state index is 13.4. The number of hydrogen-bond donors (Lipinski definition) is 1. The average molecular weight is 428 g/mol. The first-order valence-corrected chi connectivity index (χ1v) is 11.3. The third-order valence-corrected chi connectivity index (χ3v) is 6.42. The molecule has 1 aromatic heterocycles. The van der Waals surface area contributed by atoms with Gasteiger partial charge in [-0.15, -0.1) is 0 Å². The van der Waals surface area contributed by atoms with Crippen molar-refractivity contribution in [3.8, 4) is 0 Å². The summed E-state index contributed by atoms with van der Waals surface area (Å²) in [6.07, 6.45) is 0.384. The number of β-amino-alcohol motifs (C(OH)–C–C–N with tert-alkyl or cyclic N) is 1. The smallest absolute Gasteiger partial charge is 0.329 e. The van der Waals surface area contributed by atoms with Crippen LogP contribution in [0, 0.1) is 6.92 Å². The molecule has 5 nitrogen and oxygen atoms in total. The standard InChI is InChI=1S/C27H29N3O2/c1-20-7-6-8-21(15-20)16-29-25-11-4-5-12-26(25)30(27(29)32)19-24(31)18-28-14-13-22-9-2-3-10-23(22)17-28/h2-12,15,24,31H,13-14,16-19H2,1H3. The second-order valence-electron chi connectivity index (χ2n) is 8.86. The zero-order valence-corrected chi connectivity index (χ0v) is 18.4. The first-order valence-electron chi connectivity index (χ1n) is 11.3. The van der Waals surface area contributed by atoms with Gasteiger partial charge < -0.3 is 5.11 Å². The molecule has 3 aromatic carbocycles. The number of fused-ring (bicyclic) bond motifs is 2. The highest BCUT2D eigenvalue weighted by molar-refractivity contribution is 5.76. The van der Waals surface area contributed by atoms with Crippen LogP contribution in [0.1, 0.15) is 22.3 Å². The van der Waals surface area contributed by atoms with E-state index in [1.165, 1.54) is 16.7 Å². The van der Waals surface area contributed by atoms with Gasteiger partial charge in [0.2, 0.25) is 0 Å². The molecule has 0 amide bonds. The minimum atomic E-state index is -0.615. The number of rotatable bonds is 6. The first kappa shape index (κ1) is 20.7. The maximum Gasteiger partial charge on any atom is 0.329 e. The van der Waals surface area contributed by atoms with Gasteiger partial charge in [-0.1, -0.05) is 66.2 Å². The van der Waals surface area contributed by atoms with E-state index < -0.39 is 6.10 Å². The summed E-state index contributed by atoms with van der Waals surface area (Å²) in [5.74, 6) is 0. The van der Waals surface area contributed by atoms with Gasteiger partial charge in [0.25, 0.3) is 0 Å². The normalized spacial score (nSPS) is 15.1. The predicted molar refractivity (Wildman–Crippen MR) is 128 cm³/mol. The molecule has 0 aliphatic carbocycles. The Labute approximate surface area is 188 Å². The topological polar surface area (TPSA) is 50.4 Å². The second kappa shape index (κ2) is 8.77. The third kappa shape index (κ3) is 4.14. The minimum absolute atomic E-state index is 0.0734. The van der Waals surface area contributed by atoms with Crippen LogP contribution in [-0.4, -0.2) is 38.3 Å². The van der Waals surface area contributed by atoms with Crippen molar-refractivity contribution in [2.75, 3.05) is 13.1 Å². The maximum absolute atomic E-state index is 13.4. The van der Waals surface area contributed by atoms with Crippen molar-refractivity contribution in [2.45, 2.75) is 39.1 Å². The Bertz CT molecular complexity index is 1300. The largest absolute Gasteiger partial charge is 0.390 e. The molecule has 4 aromatic rings. The minimum Gasteiger partial charge on any atom is -0.390 e. The van der Waals surface area contributed by atoms with Crippen molar-refractivity contribution in [3.05, 3.63) is 106 Å². The Hall–Kier alpha value is -3.15. The molecule has 0 fully saturated rings. The number of imidazole rings is 1. The van der Waals surface area contributed by atoms with E-state index in [9.17, 15) is 9.90 Å². The van der Waals surface area contributed by atoms with Crippen LogP contribution in [0.2, 0.25) is 0 Å². The lowest BCUT2D eigenvalue weighted by atomic mass is 10.00. The van der Waals surface area contributed by atoms with E-state index in [1.807, 2.05) is 34.9 Å². The number of aryl methyl sites for hydroxylation is 1. The number of aliphatic hydroxyl groups excluding tert-OH is 1. The van der Waals surface area contributed by atoms with Gasteiger partial charge in [-0.25, -0.2) is 4.79 Å². The van der Waals surface area contributed by atoms with Gasteiger partial charge >= 0.3 is 5.69 Å². The van der Waals surface area contributed by atoms with Crippen LogP contribution in [0.4, 0.5) is 0 Å². The summed E-state index contributed by atoms with van der Waals surface area (Å²) >= 11 is 0. The van der Waals surface area contributed by atoms with Crippen molar-refractivity contribution in [3.63, 3.8) is 0 Å². The second-order valence-corrected chi connectivity index (χ2v) is 8.86. The van der Waals surface area contributed by atoms with Crippen LogP contribution in [-0.2, 0) is 26.1 Å². The number of hydrogen-bond acceptors (Lipinski definition) is 3. The zero-order valence-electron chi connectivity index (χ0n) is 18.4. The number of aliphatic hydroxyl groups is 1. The van der Waals surface area contributed by atoms with E-state index >= 15 is 0 Å². The Kier molecular flexibility index (Phi) is 5.68. The number of nitrogens with zero attached hydrogens (tertiary/aromatic N) is 3. The van der Waals surface area contributed by atoms with E-state index in [0.29, 0.717) is 13.1 Å². The summed E-state index contributed by atoms with van der Waals surface area (Å²) < 4.78 is 3.54. The van der Waals surface area contributed by atoms with Crippen molar-refractivity contribution >= 4 is 11.0 Å². The van der Waals surface area contributed by atoms with Crippen LogP contribution in [0.3, 0.4) is 0 Å². The highest BCUT2D eigenvalue weighted by Gasteiger charge is 2.21. The van der Waals surface area contributed by atoms with E-state index in [0.717, 1.165) is 36.1 Å². The predicted octanol–water partition coefficient (Wildman–Crippen LogP) is 3.58. The molecule has 5 heteroatoms. The molecular weight excluding hydrogens is 398 g/mol. The quantitative estimate of drug-likeness (QED) is 0.512. The highest BCUT2D eigenvalue weighted by Crippen LogP contribution is 2.19. The lowest BCUT2D eigenvalue weighted by Crippen LogP contribution is -2.39. The molecule has 1 aliphatic rings. The molecule has 0 bridgehead atoms. The third-order valence-electron chi connectivity index (χ3n) is 6.42. The molecule has 5 rings (SSSR count). The molecule has 1 aliphatic heterocycles. The van der Waals surface area contributed by atoms with Crippen LogP contribution in [0.5, 0.6) is 0 Å². The first-order chi connectivity index (χ1) is 15.6. The number of para-hydroxylation sites is 2. The summed E-state index contributed by atoms with van der Waals surface area (Å²) in [5.41, 5.74) is 6.70. The fourth-order valence-electron chi connectivity index (χ4n) is 4.87. The van der Waals surface area contributed by atoms with E-state index in [1.54, 1.807) is 4.57 Å². The fourth-order valence-corrected chi connectivity index (χ4v) is 4.87. The van der Waals surface area contributed by atoms with E-state index in [-0.39, 0.29) is 12.2 Å². The van der Waals surface area contributed by atoms with Crippen LogP contribution in [0.15, 0.2) is 77.6 Å². The van der Waals surface area contributed by atoms with Crippen LogP contribution >= 0.6 is 0 Å². The van der Waals surface area contributed by atoms with E-state index in [2.05, 4.69) is 54.3 Å². The lowest BCUT2D eigenvalue weighted by molar-refractivity contribution is 0.0918. The molecule has 0 saturated heterocycles. The average Bonchev–Trinajstić information content (AvgIpc) is 3.05. The number of aromatic nitrogens is 2. The fraction of sp³-hybridized carbons (Fsp3) is 0.296. The lowest BCUT2D eigenvalue weighted by Gasteiger charge is -2.30. The SMILES string of the molecule is Cc1cccc(Cn2c(=O)n(CC(O)CN3CCc4ccccc4C3)c3ccccc32)c1. The monoisotopic (exact) mass is 427 g/mol. The Balaban J connectivity index is 1.37. The van der Waals surface area contributed by atoms with Gasteiger partial charge in [0, 0.05) is 19.6 Å².